The van der Waals surface area contributed by atoms with Gasteiger partial charge < -0.3 is 19.3 Å². The second kappa shape index (κ2) is 10.5. The zero-order valence-corrected chi connectivity index (χ0v) is 19.3. The molecule has 174 valence electrons. The Labute approximate surface area is 193 Å². The summed E-state index contributed by atoms with van der Waals surface area (Å²) in [4.78, 5) is 19.4. The Bertz CT molecular complexity index is 1070. The quantitative estimate of drug-likeness (QED) is 0.561. The van der Waals surface area contributed by atoms with E-state index in [-0.39, 0.29) is 11.8 Å². The summed E-state index contributed by atoms with van der Waals surface area (Å²) < 4.78 is 16.1. The smallest absolute Gasteiger partial charge is 0.241 e. The van der Waals surface area contributed by atoms with Crippen LogP contribution in [0.15, 0.2) is 47.0 Å². The molecule has 2 heterocycles. The fourth-order valence-corrected chi connectivity index (χ4v) is 4.00. The molecule has 1 aliphatic heterocycles. The first-order chi connectivity index (χ1) is 16.1. The summed E-state index contributed by atoms with van der Waals surface area (Å²) in [6.45, 7) is 4.83. The fourth-order valence-electron chi connectivity index (χ4n) is 4.00. The van der Waals surface area contributed by atoms with Crippen LogP contribution in [0.3, 0.4) is 0 Å². The number of rotatable bonds is 8. The zero-order chi connectivity index (χ0) is 23.2. The molecule has 0 atom stereocenters. The molecule has 1 amide bonds. The van der Waals surface area contributed by atoms with E-state index in [1.807, 2.05) is 18.2 Å². The number of amides is 1. The molecule has 1 aromatic heterocycles. The maximum absolute atomic E-state index is 12.6. The second-order valence-corrected chi connectivity index (χ2v) is 8.34. The van der Waals surface area contributed by atoms with E-state index in [2.05, 4.69) is 51.5 Å². The monoisotopic (exact) mass is 450 g/mol. The summed E-state index contributed by atoms with van der Waals surface area (Å²) >= 11 is 0. The molecular weight excluding hydrogens is 420 g/mol. The molecule has 1 N–H and O–H groups in total. The predicted octanol–water partition coefficient (Wildman–Crippen LogP) is 3.59. The van der Waals surface area contributed by atoms with E-state index in [9.17, 15) is 4.79 Å². The van der Waals surface area contributed by atoms with E-state index in [1.165, 1.54) is 5.56 Å². The van der Waals surface area contributed by atoms with Crippen molar-refractivity contribution in [1.82, 2.24) is 20.4 Å². The molecule has 8 nitrogen and oxygen atoms in total. The molecule has 1 saturated heterocycles. The van der Waals surface area contributed by atoms with Gasteiger partial charge in [-0.25, -0.2) is 0 Å². The number of methoxy groups -OCH3 is 2. The van der Waals surface area contributed by atoms with E-state index in [0.29, 0.717) is 36.3 Å². The van der Waals surface area contributed by atoms with Gasteiger partial charge in [0.2, 0.25) is 17.6 Å². The number of benzene rings is 2. The van der Waals surface area contributed by atoms with E-state index < -0.39 is 0 Å². The first-order valence-electron chi connectivity index (χ1n) is 11.2. The third-order valence-corrected chi connectivity index (χ3v) is 6.01. The molecule has 0 saturated carbocycles. The first-order valence-corrected chi connectivity index (χ1v) is 11.2. The molecule has 2 aromatic carbocycles. The SMILES string of the molecule is COc1ccc(-c2noc(CN3CCC(C(=O)NCc4ccc(C)cc4)CC3)n2)cc1OC. The van der Waals surface area contributed by atoms with E-state index in [0.717, 1.165) is 37.1 Å². The summed E-state index contributed by atoms with van der Waals surface area (Å²) in [5, 5.41) is 7.19. The van der Waals surface area contributed by atoms with Gasteiger partial charge in [0, 0.05) is 18.0 Å². The van der Waals surface area contributed by atoms with Crippen LogP contribution in [0, 0.1) is 12.8 Å². The van der Waals surface area contributed by atoms with Gasteiger partial charge in [0.05, 0.1) is 20.8 Å². The number of hydrogen-bond donors (Lipinski definition) is 1. The molecule has 8 heteroatoms. The number of aryl methyl sites for hydroxylation is 1. The van der Waals surface area contributed by atoms with Crippen molar-refractivity contribution in [2.24, 2.45) is 5.92 Å². The van der Waals surface area contributed by atoms with Crippen molar-refractivity contribution in [3.8, 4) is 22.9 Å². The molecule has 0 spiro atoms. The lowest BCUT2D eigenvalue weighted by Gasteiger charge is -2.30. The normalized spacial score (nSPS) is 14.8. The van der Waals surface area contributed by atoms with Crippen LogP contribution in [0.5, 0.6) is 11.5 Å². The van der Waals surface area contributed by atoms with Crippen molar-refractivity contribution in [3.63, 3.8) is 0 Å². The third-order valence-electron chi connectivity index (χ3n) is 6.01. The summed E-state index contributed by atoms with van der Waals surface area (Å²) in [6, 6.07) is 13.8. The second-order valence-electron chi connectivity index (χ2n) is 8.34. The number of nitrogens with one attached hydrogen (secondary N) is 1. The Morgan fingerprint density at radius 1 is 1.09 bits per heavy atom. The van der Waals surface area contributed by atoms with Gasteiger partial charge in [-0.2, -0.15) is 4.98 Å². The number of hydrogen-bond acceptors (Lipinski definition) is 7. The molecule has 0 unspecified atom stereocenters. The summed E-state index contributed by atoms with van der Waals surface area (Å²) in [5.74, 6) is 2.50. The minimum Gasteiger partial charge on any atom is -0.493 e. The zero-order valence-electron chi connectivity index (χ0n) is 19.3. The fraction of sp³-hybridized carbons (Fsp3) is 0.400. The molecule has 0 bridgehead atoms. The first kappa shape index (κ1) is 22.8. The highest BCUT2D eigenvalue weighted by Gasteiger charge is 2.26. The minimum absolute atomic E-state index is 0.0386. The van der Waals surface area contributed by atoms with Gasteiger partial charge in [-0.15, -0.1) is 0 Å². The molecule has 1 aliphatic rings. The van der Waals surface area contributed by atoms with Crippen molar-refractivity contribution in [2.75, 3.05) is 27.3 Å². The Kier molecular flexibility index (Phi) is 7.24. The number of carbonyl (C=O) groups excluding carboxylic acids is 1. The van der Waals surface area contributed by atoms with Gasteiger partial charge in [-0.1, -0.05) is 35.0 Å². The summed E-state index contributed by atoms with van der Waals surface area (Å²) in [6.07, 6.45) is 1.63. The standard InChI is InChI=1S/C25H30N4O4/c1-17-4-6-18(7-5-17)15-26-25(30)19-10-12-29(13-11-19)16-23-27-24(28-33-23)20-8-9-21(31-2)22(14-20)32-3/h4-9,14,19H,10-13,15-16H2,1-3H3,(H,26,30). The van der Waals surface area contributed by atoms with Crippen molar-refractivity contribution in [3.05, 3.63) is 59.5 Å². The maximum atomic E-state index is 12.6. The van der Waals surface area contributed by atoms with Crippen molar-refractivity contribution in [1.29, 1.82) is 0 Å². The lowest BCUT2D eigenvalue weighted by molar-refractivity contribution is -0.126. The van der Waals surface area contributed by atoms with Crippen molar-refractivity contribution in [2.45, 2.75) is 32.9 Å². The molecule has 3 aromatic rings. The van der Waals surface area contributed by atoms with Gasteiger partial charge in [-0.3, -0.25) is 9.69 Å². The van der Waals surface area contributed by atoms with E-state index in [1.54, 1.807) is 14.2 Å². The maximum Gasteiger partial charge on any atom is 0.241 e. The molecule has 4 rings (SSSR count). The number of aromatic nitrogens is 2. The van der Waals surface area contributed by atoms with Gasteiger partial charge >= 0.3 is 0 Å². The van der Waals surface area contributed by atoms with Crippen LogP contribution in [-0.2, 0) is 17.9 Å². The van der Waals surface area contributed by atoms with Gasteiger partial charge in [0.25, 0.3) is 0 Å². The van der Waals surface area contributed by atoms with Crippen LogP contribution < -0.4 is 14.8 Å². The lowest BCUT2D eigenvalue weighted by atomic mass is 9.96. The van der Waals surface area contributed by atoms with Crippen LogP contribution in [0.2, 0.25) is 0 Å². The molecule has 33 heavy (non-hydrogen) atoms. The molecular formula is C25H30N4O4. The Morgan fingerprint density at radius 2 is 1.82 bits per heavy atom. The van der Waals surface area contributed by atoms with Crippen LogP contribution in [0.25, 0.3) is 11.4 Å². The number of ether oxygens (including phenoxy) is 2. The average molecular weight is 451 g/mol. The highest BCUT2D eigenvalue weighted by atomic mass is 16.5. The molecule has 0 aliphatic carbocycles. The Morgan fingerprint density at radius 3 is 2.52 bits per heavy atom. The highest BCUT2D eigenvalue weighted by Crippen LogP contribution is 2.31. The number of nitrogens with zero attached hydrogens (tertiary/aromatic N) is 3. The van der Waals surface area contributed by atoms with Crippen LogP contribution >= 0.6 is 0 Å². The number of carbonyl (C=O) groups is 1. The molecule has 0 radical (unpaired) electrons. The number of likely N-dealkylation sites (tertiary alicyclic amines) is 1. The number of piperidine rings is 1. The predicted molar refractivity (Wildman–Crippen MR) is 124 cm³/mol. The Hall–Kier alpha value is -3.39. The lowest BCUT2D eigenvalue weighted by Crippen LogP contribution is -2.40. The van der Waals surface area contributed by atoms with Crippen LogP contribution in [0.4, 0.5) is 0 Å². The van der Waals surface area contributed by atoms with E-state index >= 15 is 0 Å². The minimum atomic E-state index is 0.0386. The topological polar surface area (TPSA) is 89.7 Å². The van der Waals surface area contributed by atoms with Crippen molar-refractivity contribution >= 4 is 5.91 Å². The summed E-state index contributed by atoms with van der Waals surface area (Å²) in [7, 11) is 3.19. The largest absolute Gasteiger partial charge is 0.493 e. The van der Waals surface area contributed by atoms with Crippen molar-refractivity contribution < 1.29 is 18.8 Å². The van der Waals surface area contributed by atoms with Gasteiger partial charge in [0.15, 0.2) is 11.5 Å². The highest BCUT2D eigenvalue weighted by molar-refractivity contribution is 5.78. The molecule has 1 fully saturated rings. The third kappa shape index (κ3) is 5.70. The van der Waals surface area contributed by atoms with Crippen LogP contribution in [-0.4, -0.2) is 48.3 Å². The average Bonchev–Trinajstić information content (AvgIpc) is 3.32. The summed E-state index contributed by atoms with van der Waals surface area (Å²) in [5.41, 5.74) is 3.13. The van der Waals surface area contributed by atoms with Gasteiger partial charge in [0.1, 0.15) is 0 Å². The van der Waals surface area contributed by atoms with Gasteiger partial charge in [-0.05, 0) is 56.6 Å². The van der Waals surface area contributed by atoms with Crippen LogP contribution in [0.1, 0.15) is 29.9 Å². The Balaban J connectivity index is 1.27. The van der Waals surface area contributed by atoms with E-state index in [4.69, 9.17) is 14.0 Å².